The van der Waals surface area contributed by atoms with Crippen molar-refractivity contribution < 1.29 is 62.4 Å². The summed E-state index contributed by atoms with van der Waals surface area (Å²) in [5, 5.41) is 0. The van der Waals surface area contributed by atoms with E-state index in [9.17, 15) is 34.5 Å². The van der Waals surface area contributed by atoms with Crippen LogP contribution in [0, 0.1) is 0 Å². The molecule has 70 heavy (non-hydrogen) atoms. The third-order valence-electron chi connectivity index (χ3n) is 12.0. The molecule has 16 heteroatoms. The van der Waals surface area contributed by atoms with Gasteiger partial charge in [0.1, 0.15) is 0 Å². The molecule has 0 bridgehead atoms. The van der Waals surface area contributed by atoms with Gasteiger partial charge in [-0.3, -0.25) is 0 Å². The SMILES string of the molecule is CC(C)c1cccc(C(C)C)c1N1C=CN(c2c(C(C)C)cccc2C(C)C)C1.CC(C)c1cccc(C(C)C)c1N1C=CN(c2c(C(C)C)cccc2C(C)C)C1.F[B-](F)(F)F.F[B-](F)(F)F.[Au+3].[OH-]. The zero-order valence-electron chi connectivity index (χ0n) is 44.0. The van der Waals surface area contributed by atoms with Crippen LogP contribution in [0.25, 0.3) is 0 Å². The van der Waals surface area contributed by atoms with Gasteiger partial charge in [0.05, 0.1) is 13.3 Å². The third kappa shape index (κ3) is 18.1. The summed E-state index contributed by atoms with van der Waals surface area (Å²) < 4.78 is 78.0. The number of hydrogen-bond acceptors (Lipinski definition) is 5. The molecule has 4 aromatic carbocycles. The Morgan fingerprint density at radius 2 is 0.414 bits per heavy atom. The number of benzene rings is 4. The largest absolute Gasteiger partial charge is 3.00 e. The van der Waals surface area contributed by atoms with Crippen LogP contribution in [0.1, 0.15) is 203 Å². The number of nitrogens with zero attached hydrogens (tertiary/aromatic N) is 4. The first-order valence-corrected chi connectivity index (χ1v) is 24.1. The van der Waals surface area contributed by atoms with Gasteiger partial charge in [0, 0.05) is 47.5 Å². The molecular weight excluding hydrogens is 1090 g/mol. The van der Waals surface area contributed by atoms with E-state index in [-0.39, 0.29) is 27.9 Å². The minimum absolute atomic E-state index is 0. The van der Waals surface area contributed by atoms with E-state index < -0.39 is 14.5 Å². The topological polar surface area (TPSA) is 43.0 Å². The third-order valence-corrected chi connectivity index (χ3v) is 12.0. The molecule has 0 saturated carbocycles. The molecule has 2 aliphatic heterocycles. The van der Waals surface area contributed by atoms with E-state index in [1.54, 1.807) is 0 Å². The molecule has 4 aromatic rings. The predicted octanol–water partition coefficient (Wildman–Crippen LogP) is 18.3. The molecule has 5 nitrogen and oxygen atoms in total. The van der Waals surface area contributed by atoms with E-state index in [0.29, 0.717) is 47.3 Å². The fourth-order valence-electron chi connectivity index (χ4n) is 8.79. The molecule has 2 heterocycles. The molecule has 1 N–H and O–H groups in total. The first kappa shape index (κ1) is 63.8. The standard InChI is InChI=1S/2C27H38N2.Au.2BF4.H2O/c2*1-18(2)22-11-9-12-23(19(3)4)26(22)28-15-16-29(17-28)27-24(20(5)6)13-10-14-25(27)21(7)8;;2*2-1(3,4)5;/h2*9-16,18-21H,17H2,1-8H3;;;;1H2/q;;+3;2*-1;/p-1. The molecule has 0 aliphatic carbocycles. The van der Waals surface area contributed by atoms with Gasteiger partial charge in [0.15, 0.2) is 0 Å². The van der Waals surface area contributed by atoms with Crippen LogP contribution in [0.3, 0.4) is 0 Å². The zero-order chi connectivity index (χ0) is 51.6. The molecule has 2 aliphatic rings. The smallest absolute Gasteiger partial charge is 0.870 e. The molecule has 0 spiro atoms. The van der Waals surface area contributed by atoms with E-state index in [4.69, 9.17) is 0 Å². The Balaban J connectivity index is 0.000000572. The van der Waals surface area contributed by atoms with Crippen LogP contribution in [0.2, 0.25) is 0 Å². The molecule has 0 aromatic heterocycles. The van der Waals surface area contributed by atoms with Crippen molar-refractivity contribution in [1.29, 1.82) is 0 Å². The minimum atomic E-state index is -6.00. The van der Waals surface area contributed by atoms with Crippen molar-refractivity contribution in [2.24, 2.45) is 0 Å². The summed E-state index contributed by atoms with van der Waals surface area (Å²) >= 11 is 0. The van der Waals surface area contributed by atoms with E-state index in [0.717, 1.165) is 13.3 Å². The average Bonchev–Trinajstić information content (AvgIpc) is 3.92. The Morgan fingerprint density at radius 1 is 0.300 bits per heavy atom. The van der Waals surface area contributed by atoms with Crippen molar-refractivity contribution in [2.45, 2.75) is 158 Å². The quantitative estimate of drug-likeness (QED) is 0.104. The van der Waals surface area contributed by atoms with Crippen LogP contribution >= 0.6 is 0 Å². The maximum absolute atomic E-state index is 9.75. The van der Waals surface area contributed by atoms with Crippen molar-refractivity contribution in [3.8, 4) is 0 Å². The van der Waals surface area contributed by atoms with Gasteiger partial charge >= 0.3 is 36.9 Å². The van der Waals surface area contributed by atoms with Gasteiger partial charge < -0.3 is 59.6 Å². The van der Waals surface area contributed by atoms with Gasteiger partial charge in [-0.25, -0.2) is 0 Å². The summed E-state index contributed by atoms with van der Waals surface area (Å²) in [6, 6.07) is 27.2. The summed E-state index contributed by atoms with van der Waals surface area (Å²) in [5.41, 5.74) is 17.0. The van der Waals surface area contributed by atoms with Gasteiger partial charge in [-0.15, -0.1) is 0 Å². The van der Waals surface area contributed by atoms with E-state index in [2.05, 4.69) is 228 Å². The van der Waals surface area contributed by atoms with Gasteiger partial charge in [0.2, 0.25) is 0 Å². The first-order chi connectivity index (χ1) is 31.4. The van der Waals surface area contributed by atoms with Crippen molar-refractivity contribution >= 4 is 37.3 Å². The molecule has 0 atom stereocenters. The minimum Gasteiger partial charge on any atom is -0.870 e. The van der Waals surface area contributed by atoms with Crippen LogP contribution in [-0.4, -0.2) is 33.3 Å². The Bertz CT molecular complexity index is 1880. The first-order valence-electron chi connectivity index (χ1n) is 24.1. The summed E-state index contributed by atoms with van der Waals surface area (Å²) in [6.07, 6.45) is 9.09. The predicted molar refractivity (Wildman–Crippen MR) is 279 cm³/mol. The Kier molecular flexibility index (Phi) is 25.2. The molecule has 0 unspecified atom stereocenters. The van der Waals surface area contributed by atoms with Crippen LogP contribution < -0.4 is 19.6 Å². The number of rotatable bonds is 12. The molecule has 0 saturated heterocycles. The van der Waals surface area contributed by atoms with E-state index in [1.807, 2.05) is 0 Å². The second kappa shape index (κ2) is 27.6. The van der Waals surface area contributed by atoms with Crippen LogP contribution in [-0.2, 0) is 22.4 Å². The molecular formula is C54H77AuB2F8N4O. The van der Waals surface area contributed by atoms with Crippen LogP contribution in [0.4, 0.5) is 57.3 Å². The van der Waals surface area contributed by atoms with E-state index in [1.165, 1.54) is 67.3 Å². The van der Waals surface area contributed by atoms with Gasteiger partial charge in [0.25, 0.3) is 0 Å². The number of anilines is 4. The Labute approximate surface area is 430 Å². The van der Waals surface area contributed by atoms with Gasteiger partial charge in [-0.2, -0.15) is 0 Å². The number of halogens is 8. The maximum atomic E-state index is 9.75. The number of hydrogen-bond donors (Lipinski definition) is 0. The van der Waals surface area contributed by atoms with Gasteiger partial charge in [-0.05, 0) is 91.9 Å². The Morgan fingerprint density at radius 3 is 0.514 bits per heavy atom. The normalized spacial score (nSPS) is 13.6. The fraction of sp³-hybridized carbons (Fsp3) is 0.481. The molecule has 6 rings (SSSR count). The van der Waals surface area contributed by atoms with Crippen LogP contribution in [0.15, 0.2) is 97.6 Å². The van der Waals surface area contributed by atoms with Crippen molar-refractivity contribution in [1.82, 2.24) is 0 Å². The van der Waals surface area contributed by atoms with Gasteiger partial charge in [-0.1, -0.05) is 184 Å². The van der Waals surface area contributed by atoms with Crippen LogP contribution in [0.5, 0.6) is 0 Å². The zero-order valence-corrected chi connectivity index (χ0v) is 46.2. The maximum Gasteiger partial charge on any atom is 3.00 e. The molecule has 392 valence electrons. The fourth-order valence-corrected chi connectivity index (χ4v) is 8.79. The van der Waals surface area contributed by atoms with Crippen molar-refractivity contribution in [2.75, 3.05) is 32.9 Å². The molecule has 0 radical (unpaired) electrons. The summed E-state index contributed by atoms with van der Waals surface area (Å²) in [7, 11) is -12.0. The number of para-hydroxylation sites is 4. The summed E-state index contributed by atoms with van der Waals surface area (Å²) in [4.78, 5) is 9.80. The second-order valence-electron chi connectivity index (χ2n) is 20.1. The molecule has 0 fully saturated rings. The van der Waals surface area contributed by atoms with Crippen molar-refractivity contribution in [3.63, 3.8) is 0 Å². The summed E-state index contributed by atoms with van der Waals surface area (Å²) in [5.74, 6) is 4.00. The molecule has 0 amide bonds. The second-order valence-corrected chi connectivity index (χ2v) is 20.1. The monoisotopic (exact) mass is 1170 g/mol. The van der Waals surface area contributed by atoms with E-state index >= 15 is 0 Å². The average molecular weight is 1170 g/mol. The van der Waals surface area contributed by atoms with Crippen molar-refractivity contribution in [3.05, 3.63) is 142 Å². The Hall–Kier alpha value is -4.17. The summed E-state index contributed by atoms with van der Waals surface area (Å²) in [6.45, 7) is 38.5.